The largest absolute Gasteiger partial charge is 0.471 e. The quantitative estimate of drug-likeness (QED) is 0.711. The molecule has 0 aliphatic carbocycles. The van der Waals surface area contributed by atoms with E-state index < -0.39 is 12.1 Å². The van der Waals surface area contributed by atoms with Gasteiger partial charge in [-0.3, -0.25) is 9.48 Å². The summed E-state index contributed by atoms with van der Waals surface area (Å²) in [7, 11) is 1.79. The van der Waals surface area contributed by atoms with Crippen molar-refractivity contribution in [2.24, 2.45) is 13.0 Å². The Bertz CT molecular complexity index is 1030. The van der Waals surface area contributed by atoms with Crippen LogP contribution in [0.1, 0.15) is 12.8 Å². The first-order valence-electron chi connectivity index (χ1n) is 9.10. The minimum absolute atomic E-state index is 0.0472. The number of nitrogens with one attached hydrogen (secondary N) is 1. The molecule has 3 aromatic rings. The van der Waals surface area contributed by atoms with Crippen LogP contribution in [-0.2, 0) is 18.4 Å². The molecule has 0 saturated carbocycles. The lowest BCUT2D eigenvalue weighted by Crippen LogP contribution is -2.47. The van der Waals surface area contributed by atoms with E-state index in [2.05, 4.69) is 25.5 Å². The number of aryl methyl sites for hydroxylation is 1. The Balaban J connectivity index is 1.50. The molecule has 1 aliphatic rings. The number of alkyl halides is 3. The number of nitrogens with zero attached hydrogens (tertiary/aromatic N) is 7. The van der Waals surface area contributed by atoms with Crippen molar-refractivity contribution in [3.05, 3.63) is 24.8 Å². The van der Waals surface area contributed by atoms with Crippen LogP contribution >= 0.6 is 0 Å². The maximum atomic E-state index is 12.7. The molecule has 0 spiro atoms. The number of carbonyl (C=O) groups excluding carboxylic acids is 1. The summed E-state index contributed by atoms with van der Waals surface area (Å²) in [4.78, 5) is 21.1. The first kappa shape index (κ1) is 19.2. The maximum absolute atomic E-state index is 12.7. The van der Waals surface area contributed by atoms with Crippen molar-refractivity contribution < 1.29 is 18.0 Å². The molecule has 1 fully saturated rings. The Hall–Kier alpha value is -3.18. The van der Waals surface area contributed by atoms with Crippen LogP contribution in [0.25, 0.3) is 11.0 Å². The van der Waals surface area contributed by atoms with E-state index in [1.807, 2.05) is 0 Å². The van der Waals surface area contributed by atoms with Crippen LogP contribution in [0.4, 0.5) is 24.8 Å². The number of hydrogen-bond donors (Lipinski definition) is 1. The van der Waals surface area contributed by atoms with Crippen molar-refractivity contribution in [2.45, 2.75) is 25.6 Å². The minimum Gasteiger partial charge on any atom is -0.335 e. The van der Waals surface area contributed by atoms with Crippen molar-refractivity contribution in [3.63, 3.8) is 0 Å². The standard InChI is InChI=1S/C17H19F3N8O/c1-26-10-13(7-22-26)24-16-21-5-12-6-23-28(14(12)25-16)9-11-3-2-4-27(8-11)15(29)17(18,19)20/h5-7,10-11H,2-4,8-9H2,1H3,(H,21,24,25). The number of fused-ring (bicyclic) bond motifs is 1. The molecule has 29 heavy (non-hydrogen) atoms. The molecule has 1 aliphatic heterocycles. The molecule has 154 valence electrons. The van der Waals surface area contributed by atoms with Gasteiger partial charge in [-0.05, 0) is 18.8 Å². The summed E-state index contributed by atoms with van der Waals surface area (Å²) in [5.41, 5.74) is 1.30. The Labute approximate surface area is 163 Å². The number of likely N-dealkylation sites (tertiary alicyclic amines) is 1. The molecule has 1 atom stereocenters. The summed E-state index contributed by atoms with van der Waals surface area (Å²) in [6.45, 7) is 0.538. The number of halogens is 3. The van der Waals surface area contributed by atoms with Crippen molar-refractivity contribution in [1.82, 2.24) is 34.4 Å². The van der Waals surface area contributed by atoms with Crippen molar-refractivity contribution in [3.8, 4) is 0 Å². The summed E-state index contributed by atoms with van der Waals surface area (Å²) < 4.78 is 41.5. The smallest absolute Gasteiger partial charge is 0.335 e. The van der Waals surface area contributed by atoms with Gasteiger partial charge in [-0.25, -0.2) is 9.67 Å². The SMILES string of the molecule is Cn1cc(Nc2ncc3cnn(CC4CCCN(C(=O)C(F)(F)F)C4)c3n2)cn1. The molecular formula is C17H19F3N8O. The average molecular weight is 408 g/mol. The van der Waals surface area contributed by atoms with Gasteiger partial charge in [0.25, 0.3) is 0 Å². The zero-order valence-corrected chi connectivity index (χ0v) is 15.6. The second kappa shape index (κ2) is 7.33. The molecule has 1 saturated heterocycles. The second-order valence-corrected chi connectivity index (χ2v) is 7.08. The van der Waals surface area contributed by atoms with Crippen LogP contribution in [0.3, 0.4) is 0 Å². The molecule has 1 amide bonds. The van der Waals surface area contributed by atoms with Crippen LogP contribution in [-0.4, -0.2) is 59.6 Å². The van der Waals surface area contributed by atoms with Crippen molar-refractivity contribution in [1.29, 1.82) is 0 Å². The Morgan fingerprint density at radius 2 is 2.10 bits per heavy atom. The summed E-state index contributed by atoms with van der Waals surface area (Å²) in [6.07, 6.45) is 3.05. The lowest BCUT2D eigenvalue weighted by Gasteiger charge is -2.33. The number of hydrogen-bond acceptors (Lipinski definition) is 6. The third kappa shape index (κ3) is 4.15. The summed E-state index contributed by atoms with van der Waals surface area (Å²) in [6, 6.07) is 0. The van der Waals surface area contributed by atoms with Gasteiger partial charge in [0.05, 0.1) is 23.5 Å². The minimum atomic E-state index is -4.85. The second-order valence-electron chi connectivity index (χ2n) is 7.08. The number of aromatic nitrogens is 6. The normalized spacial score (nSPS) is 17.7. The predicted octanol–water partition coefficient (Wildman–Crippen LogP) is 2.10. The number of anilines is 2. The maximum Gasteiger partial charge on any atom is 0.471 e. The van der Waals surface area contributed by atoms with Crippen molar-refractivity contribution in [2.75, 3.05) is 18.4 Å². The fraction of sp³-hybridized carbons (Fsp3) is 0.471. The topological polar surface area (TPSA) is 93.8 Å². The number of amides is 1. The van der Waals surface area contributed by atoms with Gasteiger partial charge in [0.15, 0.2) is 5.65 Å². The van der Waals surface area contributed by atoms with E-state index in [0.29, 0.717) is 24.6 Å². The van der Waals surface area contributed by atoms with Gasteiger partial charge < -0.3 is 10.2 Å². The van der Waals surface area contributed by atoms with Gasteiger partial charge >= 0.3 is 12.1 Å². The molecule has 0 bridgehead atoms. The van der Waals surface area contributed by atoms with E-state index in [1.54, 1.807) is 41.2 Å². The lowest BCUT2D eigenvalue weighted by molar-refractivity contribution is -0.187. The van der Waals surface area contributed by atoms with Crippen LogP contribution in [0, 0.1) is 5.92 Å². The van der Waals surface area contributed by atoms with Gasteiger partial charge in [0.1, 0.15) is 0 Å². The average Bonchev–Trinajstić information content (AvgIpc) is 3.27. The third-order valence-electron chi connectivity index (χ3n) is 4.82. The Morgan fingerprint density at radius 1 is 1.28 bits per heavy atom. The third-order valence-corrected chi connectivity index (χ3v) is 4.82. The highest BCUT2D eigenvalue weighted by Gasteiger charge is 2.43. The number of rotatable bonds is 4. The first-order valence-corrected chi connectivity index (χ1v) is 9.10. The molecule has 4 heterocycles. The van der Waals surface area contributed by atoms with E-state index >= 15 is 0 Å². The Morgan fingerprint density at radius 3 is 2.83 bits per heavy atom. The van der Waals surface area contributed by atoms with Crippen LogP contribution < -0.4 is 5.32 Å². The van der Waals surface area contributed by atoms with E-state index in [9.17, 15) is 18.0 Å². The summed E-state index contributed by atoms with van der Waals surface area (Å²) in [5.74, 6) is -1.55. The van der Waals surface area contributed by atoms with Gasteiger partial charge in [-0.2, -0.15) is 28.4 Å². The molecule has 1 unspecified atom stereocenters. The van der Waals surface area contributed by atoms with Gasteiger partial charge in [0, 0.05) is 39.1 Å². The van der Waals surface area contributed by atoms with Crippen LogP contribution in [0.2, 0.25) is 0 Å². The molecule has 12 heteroatoms. The molecule has 3 aromatic heterocycles. The van der Waals surface area contributed by atoms with Gasteiger partial charge in [-0.1, -0.05) is 0 Å². The van der Waals surface area contributed by atoms with Crippen LogP contribution in [0.15, 0.2) is 24.8 Å². The highest BCUT2D eigenvalue weighted by Crippen LogP contribution is 2.25. The molecule has 0 radical (unpaired) electrons. The van der Waals surface area contributed by atoms with Gasteiger partial charge in [-0.15, -0.1) is 0 Å². The molecule has 4 rings (SSSR count). The molecule has 1 N–H and O–H groups in total. The van der Waals surface area contributed by atoms with Crippen molar-refractivity contribution >= 4 is 28.6 Å². The summed E-state index contributed by atoms with van der Waals surface area (Å²) in [5, 5.41) is 12.1. The van der Waals surface area contributed by atoms with E-state index in [4.69, 9.17) is 0 Å². The zero-order chi connectivity index (χ0) is 20.6. The predicted molar refractivity (Wildman–Crippen MR) is 97.2 cm³/mol. The highest BCUT2D eigenvalue weighted by molar-refractivity contribution is 5.82. The highest BCUT2D eigenvalue weighted by atomic mass is 19.4. The van der Waals surface area contributed by atoms with Gasteiger partial charge in [0.2, 0.25) is 5.95 Å². The first-order chi connectivity index (χ1) is 13.8. The lowest BCUT2D eigenvalue weighted by atomic mass is 9.98. The van der Waals surface area contributed by atoms with E-state index in [1.165, 1.54) is 0 Å². The zero-order valence-electron chi connectivity index (χ0n) is 15.6. The molecular weight excluding hydrogens is 389 g/mol. The van der Waals surface area contributed by atoms with E-state index in [0.717, 1.165) is 22.4 Å². The molecule has 0 aromatic carbocycles. The summed E-state index contributed by atoms with van der Waals surface area (Å²) >= 11 is 0. The fourth-order valence-electron chi connectivity index (χ4n) is 3.50. The number of piperidine rings is 1. The number of carbonyl (C=O) groups is 1. The molecule has 9 nitrogen and oxygen atoms in total. The Kier molecular flexibility index (Phi) is 4.84. The monoisotopic (exact) mass is 408 g/mol. The fourth-order valence-corrected chi connectivity index (χ4v) is 3.50. The van der Waals surface area contributed by atoms with Crippen LogP contribution in [0.5, 0.6) is 0 Å². The van der Waals surface area contributed by atoms with E-state index in [-0.39, 0.29) is 19.0 Å².